The van der Waals surface area contributed by atoms with E-state index in [1.54, 1.807) is 44.5 Å². The molecule has 10 heteroatoms. The zero-order chi connectivity index (χ0) is 26.2. The minimum atomic E-state index is -3.71. The molecule has 0 unspecified atom stereocenters. The number of amides is 1. The molecule has 0 bridgehead atoms. The third kappa shape index (κ3) is 5.18. The van der Waals surface area contributed by atoms with Crippen molar-refractivity contribution in [2.75, 3.05) is 49.5 Å². The van der Waals surface area contributed by atoms with Gasteiger partial charge in [0.15, 0.2) is 0 Å². The molecule has 37 heavy (non-hydrogen) atoms. The summed E-state index contributed by atoms with van der Waals surface area (Å²) in [6, 6.07) is 21.9. The second-order valence-corrected chi connectivity index (χ2v) is 12.7. The average Bonchev–Trinajstić information content (AvgIpc) is 3.36. The lowest BCUT2D eigenvalue weighted by Crippen LogP contribution is -2.48. The van der Waals surface area contributed by atoms with E-state index < -0.39 is 10.0 Å². The third-order valence-corrected chi connectivity index (χ3v) is 9.98. The Bertz CT molecular complexity index is 1530. The number of carbonyl (C=O) groups is 1. The lowest BCUT2D eigenvalue weighted by atomic mass is 10.2. The molecular weight excluding hydrogens is 574 g/mol. The molecule has 4 aromatic rings. The molecule has 2 heterocycles. The number of anilines is 2. The number of carbonyl (C=O) groups excluding carboxylic acids is 1. The molecule has 1 fully saturated rings. The molecule has 0 aliphatic carbocycles. The van der Waals surface area contributed by atoms with Gasteiger partial charge in [-0.25, -0.2) is 8.42 Å². The first-order chi connectivity index (χ1) is 17.8. The van der Waals surface area contributed by atoms with Gasteiger partial charge in [0.05, 0.1) is 22.6 Å². The van der Waals surface area contributed by atoms with Gasteiger partial charge >= 0.3 is 0 Å². The van der Waals surface area contributed by atoms with E-state index in [-0.39, 0.29) is 10.8 Å². The minimum absolute atomic E-state index is 0.00738. The van der Waals surface area contributed by atoms with Crippen molar-refractivity contribution in [3.05, 3.63) is 82.1 Å². The number of hydrogen-bond acceptors (Lipinski definition) is 6. The van der Waals surface area contributed by atoms with Crippen LogP contribution in [0, 0.1) is 0 Å². The lowest BCUT2D eigenvalue weighted by Gasteiger charge is -2.36. The molecule has 0 saturated carbocycles. The molecule has 1 aromatic heterocycles. The van der Waals surface area contributed by atoms with Gasteiger partial charge in [-0.2, -0.15) is 0 Å². The van der Waals surface area contributed by atoms with Crippen LogP contribution >= 0.6 is 27.3 Å². The number of piperazine rings is 1. The minimum Gasteiger partial charge on any atom is -0.497 e. The maximum Gasteiger partial charge on any atom is 0.264 e. The van der Waals surface area contributed by atoms with Crippen molar-refractivity contribution in [3.8, 4) is 5.75 Å². The van der Waals surface area contributed by atoms with Gasteiger partial charge in [0.25, 0.3) is 15.9 Å². The molecule has 1 aliphatic rings. The maximum atomic E-state index is 13.3. The van der Waals surface area contributed by atoms with E-state index in [0.29, 0.717) is 23.7 Å². The van der Waals surface area contributed by atoms with Gasteiger partial charge in [-0.05, 0) is 78.2 Å². The Morgan fingerprint density at radius 3 is 2.27 bits per heavy atom. The molecule has 1 amide bonds. The monoisotopic (exact) mass is 599 g/mol. The summed E-state index contributed by atoms with van der Waals surface area (Å²) in [5, 5.41) is 0.848. The topological polar surface area (TPSA) is 70.2 Å². The summed E-state index contributed by atoms with van der Waals surface area (Å²) < 4.78 is 34.5. The van der Waals surface area contributed by atoms with E-state index in [1.165, 1.54) is 15.6 Å². The number of hydrogen-bond donors (Lipinski definition) is 0. The highest BCUT2D eigenvalue weighted by atomic mass is 79.9. The molecule has 5 rings (SSSR count). The van der Waals surface area contributed by atoms with Crippen LogP contribution in [-0.2, 0) is 10.0 Å². The van der Waals surface area contributed by atoms with Gasteiger partial charge in [0.1, 0.15) is 5.75 Å². The van der Waals surface area contributed by atoms with Crippen LogP contribution < -0.4 is 13.9 Å². The molecule has 1 saturated heterocycles. The van der Waals surface area contributed by atoms with Gasteiger partial charge in [-0.3, -0.25) is 9.10 Å². The molecule has 1 aliphatic heterocycles. The van der Waals surface area contributed by atoms with E-state index in [9.17, 15) is 13.2 Å². The fourth-order valence-electron chi connectivity index (χ4n) is 4.35. The van der Waals surface area contributed by atoms with Crippen molar-refractivity contribution in [1.29, 1.82) is 0 Å². The number of methoxy groups -OCH3 is 1. The molecule has 7 nitrogen and oxygen atoms in total. The summed E-state index contributed by atoms with van der Waals surface area (Å²) in [5.41, 5.74) is 1.66. The van der Waals surface area contributed by atoms with Crippen LogP contribution in [0.15, 0.2) is 82.2 Å². The predicted molar refractivity (Wildman–Crippen MR) is 153 cm³/mol. The number of thiophene rings is 1. The summed E-state index contributed by atoms with van der Waals surface area (Å²) >= 11 is 4.77. The lowest BCUT2D eigenvalue weighted by molar-refractivity contribution is 0.0751. The SMILES string of the molecule is COc1ccc(N2CCN(C(=O)c3cc4cc(N(C)S(=O)(=O)c5ccc(Br)cc5)ccc4s3)CC2)cc1. The second kappa shape index (κ2) is 10.4. The quantitative estimate of drug-likeness (QED) is 0.294. The van der Waals surface area contributed by atoms with E-state index in [4.69, 9.17) is 4.74 Å². The van der Waals surface area contributed by atoms with Crippen molar-refractivity contribution >= 4 is 64.7 Å². The van der Waals surface area contributed by atoms with Gasteiger partial charge in [0, 0.05) is 48.1 Å². The van der Waals surface area contributed by atoms with Crippen LogP contribution in [0.5, 0.6) is 5.75 Å². The van der Waals surface area contributed by atoms with Crippen molar-refractivity contribution in [3.63, 3.8) is 0 Å². The van der Waals surface area contributed by atoms with E-state index in [2.05, 4.69) is 20.8 Å². The van der Waals surface area contributed by atoms with E-state index in [0.717, 1.165) is 39.1 Å². The molecule has 0 atom stereocenters. The zero-order valence-electron chi connectivity index (χ0n) is 20.4. The number of nitrogens with zero attached hydrogens (tertiary/aromatic N) is 3. The number of sulfonamides is 1. The normalized spacial score (nSPS) is 14.1. The van der Waals surface area contributed by atoms with Crippen LogP contribution in [0.1, 0.15) is 9.67 Å². The zero-order valence-corrected chi connectivity index (χ0v) is 23.6. The average molecular weight is 601 g/mol. The van der Waals surface area contributed by atoms with Gasteiger partial charge < -0.3 is 14.5 Å². The Labute approximate surface area is 229 Å². The fourth-order valence-corrected chi connectivity index (χ4v) is 6.81. The van der Waals surface area contributed by atoms with Crippen molar-refractivity contribution in [2.24, 2.45) is 0 Å². The number of ether oxygens (including phenoxy) is 1. The Balaban J connectivity index is 1.29. The second-order valence-electron chi connectivity index (χ2n) is 8.74. The molecule has 192 valence electrons. The van der Waals surface area contributed by atoms with Gasteiger partial charge in [-0.1, -0.05) is 15.9 Å². The number of fused-ring (bicyclic) bond motifs is 1. The molecular formula is C27H26BrN3O4S2. The molecule has 0 radical (unpaired) electrons. The van der Waals surface area contributed by atoms with Crippen LogP contribution in [-0.4, -0.2) is 59.6 Å². The molecule has 3 aromatic carbocycles. The van der Waals surface area contributed by atoms with Crippen molar-refractivity contribution < 1.29 is 17.9 Å². The largest absolute Gasteiger partial charge is 0.497 e. The third-order valence-electron chi connectivity index (χ3n) is 6.55. The highest BCUT2D eigenvalue weighted by molar-refractivity contribution is 9.10. The number of rotatable bonds is 6. The smallest absolute Gasteiger partial charge is 0.264 e. The fraction of sp³-hybridized carbons (Fsp3) is 0.222. The van der Waals surface area contributed by atoms with E-state index in [1.807, 2.05) is 47.4 Å². The van der Waals surface area contributed by atoms with Crippen molar-refractivity contribution in [2.45, 2.75) is 4.90 Å². The predicted octanol–water partition coefficient (Wildman–Crippen LogP) is 5.46. The van der Waals surface area contributed by atoms with Crippen LogP contribution in [0.4, 0.5) is 11.4 Å². The van der Waals surface area contributed by atoms with Crippen molar-refractivity contribution in [1.82, 2.24) is 4.90 Å². The van der Waals surface area contributed by atoms with Crippen LogP contribution in [0.25, 0.3) is 10.1 Å². The highest BCUT2D eigenvalue weighted by Gasteiger charge is 2.25. The standard InChI is InChI=1S/C27H26BrN3O4S2/c1-29(37(33,34)24-10-3-20(28)4-11-24)22-7-12-25-19(17-22)18-26(36-25)27(32)31-15-13-30(14-16-31)21-5-8-23(35-2)9-6-21/h3-12,17-18H,13-16H2,1-2H3. The Morgan fingerprint density at radius 2 is 1.62 bits per heavy atom. The summed E-state index contributed by atoms with van der Waals surface area (Å²) in [7, 11) is -0.515. The summed E-state index contributed by atoms with van der Waals surface area (Å²) in [6.07, 6.45) is 0. The van der Waals surface area contributed by atoms with Crippen LogP contribution in [0.2, 0.25) is 0 Å². The molecule has 0 spiro atoms. The summed E-state index contributed by atoms with van der Waals surface area (Å²) in [6.45, 7) is 2.79. The summed E-state index contributed by atoms with van der Waals surface area (Å²) in [4.78, 5) is 18.3. The Morgan fingerprint density at radius 1 is 0.946 bits per heavy atom. The number of halogens is 1. The first-order valence-electron chi connectivity index (χ1n) is 11.7. The first-order valence-corrected chi connectivity index (χ1v) is 14.8. The highest BCUT2D eigenvalue weighted by Crippen LogP contribution is 2.32. The first kappa shape index (κ1) is 25.6. The van der Waals surface area contributed by atoms with E-state index >= 15 is 0 Å². The maximum absolute atomic E-state index is 13.3. The van der Waals surface area contributed by atoms with Gasteiger partial charge in [-0.15, -0.1) is 11.3 Å². The molecule has 0 N–H and O–H groups in total. The Kier molecular flexibility index (Phi) is 7.15. The Hall–Kier alpha value is -3.08. The van der Waals surface area contributed by atoms with Crippen LogP contribution in [0.3, 0.4) is 0 Å². The van der Waals surface area contributed by atoms with Gasteiger partial charge in [0.2, 0.25) is 0 Å². The number of benzene rings is 3. The summed E-state index contributed by atoms with van der Waals surface area (Å²) in [5.74, 6) is 0.829.